The molecule has 2 heterocycles. The van der Waals surface area contributed by atoms with E-state index in [-0.39, 0.29) is 0 Å². The zero-order valence-electron chi connectivity index (χ0n) is 10.5. The minimum Gasteiger partial charge on any atom is -0.361 e. The van der Waals surface area contributed by atoms with Crippen LogP contribution in [0.1, 0.15) is 16.7 Å². The highest BCUT2D eigenvalue weighted by Crippen LogP contribution is 2.18. The summed E-state index contributed by atoms with van der Waals surface area (Å²) in [7, 11) is 0. The van der Waals surface area contributed by atoms with Gasteiger partial charge in [0.1, 0.15) is 0 Å². The highest BCUT2D eigenvalue weighted by molar-refractivity contribution is 8.13. The minimum atomic E-state index is 0.766. The molecule has 1 aliphatic rings. The molecule has 0 atom stereocenters. The molecule has 19 heavy (non-hydrogen) atoms. The highest BCUT2D eigenvalue weighted by Gasteiger charge is 2.09. The quantitative estimate of drug-likeness (QED) is 0.910. The molecule has 0 radical (unpaired) electrons. The van der Waals surface area contributed by atoms with Crippen molar-refractivity contribution in [3.63, 3.8) is 0 Å². The lowest BCUT2D eigenvalue weighted by Gasteiger charge is -2.07. The second kappa shape index (κ2) is 5.89. The van der Waals surface area contributed by atoms with Crippen molar-refractivity contribution in [2.75, 3.05) is 0 Å². The first-order chi connectivity index (χ1) is 9.42. The molecular weight excluding hydrogens is 254 g/mol. The monoisotopic (exact) mass is 269 g/mol. The summed E-state index contributed by atoms with van der Waals surface area (Å²) in [4.78, 5) is 8.66. The first-order valence-electron chi connectivity index (χ1n) is 6.28. The lowest BCUT2D eigenvalue weighted by molar-refractivity contribution is 0.930. The Morgan fingerprint density at radius 1 is 1.05 bits per heavy atom. The fourth-order valence-corrected chi connectivity index (χ4v) is 2.82. The first kappa shape index (κ1) is 12.2. The zero-order chi connectivity index (χ0) is 12.9. The van der Waals surface area contributed by atoms with E-state index in [0.717, 1.165) is 24.0 Å². The van der Waals surface area contributed by atoms with Crippen LogP contribution in [0.3, 0.4) is 0 Å². The second-order valence-corrected chi connectivity index (χ2v) is 5.35. The van der Waals surface area contributed by atoms with Gasteiger partial charge in [0.25, 0.3) is 0 Å². The average Bonchev–Trinajstić information content (AvgIpc) is 2.69. The van der Waals surface area contributed by atoms with Gasteiger partial charge in [0.2, 0.25) is 0 Å². The van der Waals surface area contributed by atoms with Gasteiger partial charge < -0.3 is 5.32 Å². The Labute approximate surface area is 117 Å². The van der Waals surface area contributed by atoms with Crippen LogP contribution in [0, 0.1) is 0 Å². The van der Waals surface area contributed by atoms with Gasteiger partial charge in [-0.2, -0.15) is 0 Å². The van der Waals surface area contributed by atoms with Gasteiger partial charge in [0.15, 0.2) is 5.17 Å². The standard InChI is InChI=1S/C15H15N3S/c1-2-4-14-10-18-15(17-9-13(14)3-1)19-11-12-5-7-16-8-6-12/h1-8H,9-11H2,(H,17,18). The normalized spacial score (nSPS) is 14.0. The fraction of sp³-hybridized carbons (Fsp3) is 0.200. The van der Waals surface area contributed by atoms with Gasteiger partial charge >= 0.3 is 0 Å². The van der Waals surface area contributed by atoms with Crippen LogP contribution in [-0.2, 0) is 18.8 Å². The molecule has 3 nitrogen and oxygen atoms in total. The van der Waals surface area contributed by atoms with Crippen molar-refractivity contribution in [3.8, 4) is 0 Å². The summed E-state index contributed by atoms with van der Waals surface area (Å²) < 4.78 is 0. The number of pyridine rings is 1. The van der Waals surface area contributed by atoms with Crippen molar-refractivity contribution in [2.24, 2.45) is 4.99 Å². The molecule has 1 aliphatic heterocycles. The van der Waals surface area contributed by atoms with Gasteiger partial charge in [-0.05, 0) is 28.8 Å². The number of rotatable bonds is 2. The second-order valence-electron chi connectivity index (χ2n) is 4.39. The molecule has 3 rings (SSSR count). The molecule has 0 saturated carbocycles. The Morgan fingerprint density at radius 3 is 2.68 bits per heavy atom. The summed E-state index contributed by atoms with van der Waals surface area (Å²) in [5.74, 6) is 0.921. The SMILES string of the molecule is c1ccc2c(c1)CN=C(SCc1ccncc1)NC2. The van der Waals surface area contributed by atoms with E-state index in [2.05, 4.69) is 39.6 Å². The molecule has 0 saturated heterocycles. The summed E-state index contributed by atoms with van der Waals surface area (Å²) in [6.45, 7) is 1.63. The number of nitrogens with one attached hydrogen (secondary N) is 1. The molecule has 0 amide bonds. The lowest BCUT2D eigenvalue weighted by atomic mass is 10.1. The maximum Gasteiger partial charge on any atom is 0.157 e. The third-order valence-electron chi connectivity index (χ3n) is 3.07. The largest absolute Gasteiger partial charge is 0.361 e. The molecule has 0 aliphatic carbocycles. The van der Waals surface area contributed by atoms with Crippen LogP contribution in [0.25, 0.3) is 0 Å². The van der Waals surface area contributed by atoms with Gasteiger partial charge in [0, 0.05) is 24.7 Å². The van der Waals surface area contributed by atoms with Gasteiger partial charge in [0.05, 0.1) is 6.54 Å². The summed E-state index contributed by atoms with van der Waals surface area (Å²) in [6, 6.07) is 12.5. The van der Waals surface area contributed by atoms with E-state index >= 15 is 0 Å². The molecule has 0 bridgehead atoms. The molecular formula is C15H15N3S. The van der Waals surface area contributed by atoms with Crippen LogP contribution >= 0.6 is 11.8 Å². The van der Waals surface area contributed by atoms with Crippen molar-refractivity contribution in [3.05, 3.63) is 65.5 Å². The number of thioether (sulfide) groups is 1. The molecule has 0 unspecified atom stereocenters. The van der Waals surface area contributed by atoms with E-state index in [4.69, 9.17) is 0 Å². The molecule has 1 aromatic carbocycles. The van der Waals surface area contributed by atoms with Crippen molar-refractivity contribution in [2.45, 2.75) is 18.8 Å². The summed E-state index contributed by atoms with van der Waals surface area (Å²) in [5, 5.41) is 4.43. The van der Waals surface area contributed by atoms with Crippen molar-refractivity contribution in [1.29, 1.82) is 0 Å². The topological polar surface area (TPSA) is 37.3 Å². The third-order valence-corrected chi connectivity index (χ3v) is 4.09. The molecule has 4 heteroatoms. The average molecular weight is 269 g/mol. The number of aliphatic imine (C=N–C) groups is 1. The van der Waals surface area contributed by atoms with Crippen LogP contribution in [0.15, 0.2) is 53.8 Å². The summed E-state index contributed by atoms with van der Waals surface area (Å²) in [5.41, 5.74) is 3.92. The van der Waals surface area contributed by atoms with Crippen molar-refractivity contribution >= 4 is 16.9 Å². The summed E-state index contributed by atoms with van der Waals surface area (Å²) >= 11 is 1.75. The highest BCUT2D eigenvalue weighted by atomic mass is 32.2. The lowest BCUT2D eigenvalue weighted by Crippen LogP contribution is -2.18. The number of hydrogen-bond acceptors (Lipinski definition) is 4. The number of aromatic nitrogens is 1. The Kier molecular flexibility index (Phi) is 3.79. The predicted octanol–water partition coefficient (Wildman–Crippen LogP) is 2.97. The Morgan fingerprint density at radius 2 is 1.84 bits per heavy atom. The van der Waals surface area contributed by atoms with Crippen LogP contribution in [-0.4, -0.2) is 10.2 Å². The maximum atomic E-state index is 4.63. The van der Waals surface area contributed by atoms with Gasteiger partial charge in [-0.25, -0.2) is 0 Å². The number of fused-ring (bicyclic) bond motifs is 1. The Bertz CT molecular complexity index is 581. The number of nitrogens with zero attached hydrogens (tertiary/aromatic N) is 2. The molecule has 2 aromatic rings. The number of amidine groups is 1. The minimum absolute atomic E-state index is 0.766. The molecule has 0 spiro atoms. The predicted molar refractivity (Wildman–Crippen MR) is 80.0 cm³/mol. The number of benzene rings is 1. The van der Waals surface area contributed by atoms with E-state index in [9.17, 15) is 0 Å². The molecule has 1 N–H and O–H groups in total. The van der Waals surface area contributed by atoms with Crippen molar-refractivity contribution in [1.82, 2.24) is 10.3 Å². The molecule has 96 valence electrons. The molecule has 0 fully saturated rings. The van der Waals surface area contributed by atoms with Gasteiger partial charge in [-0.15, -0.1) is 0 Å². The summed E-state index contributed by atoms with van der Waals surface area (Å²) in [6.07, 6.45) is 3.65. The van der Waals surface area contributed by atoms with E-state index < -0.39 is 0 Å². The Balaban J connectivity index is 1.63. The zero-order valence-corrected chi connectivity index (χ0v) is 11.4. The van der Waals surface area contributed by atoms with Crippen LogP contribution in [0.5, 0.6) is 0 Å². The smallest absolute Gasteiger partial charge is 0.157 e. The number of hydrogen-bond donors (Lipinski definition) is 1. The molecule has 1 aromatic heterocycles. The van der Waals surface area contributed by atoms with E-state index in [1.54, 1.807) is 11.8 Å². The van der Waals surface area contributed by atoms with E-state index in [1.807, 2.05) is 24.5 Å². The van der Waals surface area contributed by atoms with Gasteiger partial charge in [-0.3, -0.25) is 9.98 Å². The fourth-order valence-electron chi connectivity index (χ4n) is 2.00. The maximum absolute atomic E-state index is 4.63. The van der Waals surface area contributed by atoms with E-state index in [1.165, 1.54) is 16.7 Å². The third kappa shape index (κ3) is 3.15. The van der Waals surface area contributed by atoms with Crippen LogP contribution in [0.2, 0.25) is 0 Å². The van der Waals surface area contributed by atoms with Crippen LogP contribution < -0.4 is 5.32 Å². The van der Waals surface area contributed by atoms with Crippen LogP contribution in [0.4, 0.5) is 0 Å². The van der Waals surface area contributed by atoms with Gasteiger partial charge in [-0.1, -0.05) is 36.0 Å². The Hall–Kier alpha value is -1.81. The van der Waals surface area contributed by atoms with Crippen molar-refractivity contribution < 1.29 is 0 Å². The van der Waals surface area contributed by atoms with E-state index in [0.29, 0.717) is 0 Å². The first-order valence-corrected chi connectivity index (χ1v) is 7.27.